The van der Waals surface area contributed by atoms with Gasteiger partial charge in [0.05, 0.1) is 13.6 Å². The second kappa shape index (κ2) is 8.69. The number of benzene rings is 1. The lowest BCUT2D eigenvalue weighted by Crippen LogP contribution is -2.51. The number of ether oxygens (including phenoxy) is 2. The normalized spacial score (nSPS) is 11.3. The van der Waals surface area contributed by atoms with Gasteiger partial charge in [0.15, 0.2) is 0 Å². The Labute approximate surface area is 155 Å². The topological polar surface area (TPSA) is 79.7 Å². The lowest BCUT2D eigenvalue weighted by Gasteiger charge is -2.20. The Morgan fingerprint density at radius 2 is 1.31 bits per heavy atom. The van der Waals surface area contributed by atoms with E-state index in [1.54, 1.807) is 53.2 Å². The number of hydrogen-bond donors (Lipinski definition) is 2. The molecule has 0 aliphatic rings. The van der Waals surface area contributed by atoms with Crippen molar-refractivity contribution in [2.45, 2.75) is 59.3 Å². The number of nitrogens with one attached hydrogen (secondary N) is 2. The molecule has 0 fully saturated rings. The van der Waals surface area contributed by atoms with Crippen LogP contribution in [-0.2, 0) is 16.0 Å². The SMILES string of the molecule is C[N+](Cc1ccccc1)=C(NC(=O)OC(C)(C)C)NC(=O)OC(C)(C)C. The van der Waals surface area contributed by atoms with E-state index >= 15 is 0 Å². The van der Waals surface area contributed by atoms with Gasteiger partial charge >= 0.3 is 18.1 Å². The molecule has 0 atom stereocenters. The molecule has 144 valence electrons. The number of carbonyl (C=O) groups excluding carboxylic acids is 2. The lowest BCUT2D eigenvalue weighted by molar-refractivity contribution is -0.517. The van der Waals surface area contributed by atoms with Gasteiger partial charge in [-0.3, -0.25) is 4.58 Å². The molecule has 0 aliphatic heterocycles. The minimum atomic E-state index is -0.663. The number of rotatable bonds is 2. The average Bonchev–Trinajstić information content (AvgIpc) is 2.43. The summed E-state index contributed by atoms with van der Waals surface area (Å²) in [7, 11) is 1.75. The number of guanidine groups is 1. The number of nitrogens with zero attached hydrogens (tertiary/aromatic N) is 1. The molecule has 2 N–H and O–H groups in total. The summed E-state index contributed by atoms with van der Waals surface area (Å²) in [6.45, 7) is 11.1. The maximum Gasteiger partial charge on any atom is 0.476 e. The van der Waals surface area contributed by atoms with Crippen molar-refractivity contribution in [2.75, 3.05) is 7.05 Å². The summed E-state index contributed by atoms with van der Waals surface area (Å²) >= 11 is 0. The predicted octanol–water partition coefficient (Wildman–Crippen LogP) is 3.23. The first-order valence-electron chi connectivity index (χ1n) is 8.48. The van der Waals surface area contributed by atoms with Gasteiger partial charge in [-0.25, -0.2) is 9.59 Å². The molecule has 26 heavy (non-hydrogen) atoms. The maximum atomic E-state index is 12.1. The third kappa shape index (κ3) is 9.05. The van der Waals surface area contributed by atoms with E-state index in [2.05, 4.69) is 10.6 Å². The molecule has 0 spiro atoms. The zero-order valence-corrected chi connectivity index (χ0v) is 16.7. The summed E-state index contributed by atoms with van der Waals surface area (Å²) in [5.41, 5.74) is -0.289. The summed E-state index contributed by atoms with van der Waals surface area (Å²) in [5.74, 6) is 0.178. The van der Waals surface area contributed by atoms with Gasteiger partial charge in [-0.05, 0) is 47.1 Å². The van der Waals surface area contributed by atoms with Crippen molar-refractivity contribution in [1.29, 1.82) is 0 Å². The third-order valence-corrected chi connectivity index (χ3v) is 2.88. The van der Waals surface area contributed by atoms with Crippen LogP contribution in [0.1, 0.15) is 47.1 Å². The summed E-state index contributed by atoms with van der Waals surface area (Å²) in [4.78, 5) is 24.2. The van der Waals surface area contributed by atoms with E-state index < -0.39 is 23.4 Å². The smallest absolute Gasteiger partial charge is 0.432 e. The van der Waals surface area contributed by atoms with Crippen LogP contribution in [0.5, 0.6) is 0 Å². The lowest BCUT2D eigenvalue weighted by atomic mass is 10.2. The molecule has 1 aromatic rings. The fraction of sp³-hybridized carbons (Fsp3) is 0.526. The number of alkyl carbamates (subject to hydrolysis) is 2. The highest BCUT2D eigenvalue weighted by Gasteiger charge is 2.27. The fourth-order valence-electron chi connectivity index (χ4n) is 1.96. The molecule has 2 amide bonds. The first kappa shape index (κ1) is 21.5. The predicted molar refractivity (Wildman–Crippen MR) is 100 cm³/mol. The minimum Gasteiger partial charge on any atom is -0.432 e. The van der Waals surface area contributed by atoms with Gasteiger partial charge in [-0.1, -0.05) is 30.3 Å². The van der Waals surface area contributed by atoms with E-state index in [0.29, 0.717) is 6.54 Å². The standard InChI is InChI=1S/C19H29N3O4/c1-18(2,3)25-16(23)20-15(21-17(24)26-19(4,5)6)22(7)13-14-11-9-8-10-12-14/h8-12H,13H2,1-7H3,(H,20,21,23,24)/p+1. The van der Waals surface area contributed by atoms with E-state index in [4.69, 9.17) is 9.47 Å². The van der Waals surface area contributed by atoms with Gasteiger partial charge in [0.1, 0.15) is 11.2 Å². The molecular weight excluding hydrogens is 334 g/mol. The molecule has 1 rings (SSSR count). The summed E-state index contributed by atoms with van der Waals surface area (Å²) in [5, 5.41) is 5.16. The van der Waals surface area contributed by atoms with Crippen molar-refractivity contribution in [2.24, 2.45) is 0 Å². The van der Waals surface area contributed by atoms with Gasteiger partial charge < -0.3 is 9.47 Å². The van der Waals surface area contributed by atoms with Crippen molar-refractivity contribution >= 4 is 18.1 Å². The molecule has 0 bridgehead atoms. The fourth-order valence-corrected chi connectivity index (χ4v) is 1.96. The van der Waals surface area contributed by atoms with Gasteiger partial charge in [0, 0.05) is 0 Å². The van der Waals surface area contributed by atoms with E-state index in [9.17, 15) is 9.59 Å². The van der Waals surface area contributed by atoms with Crippen LogP contribution in [0.3, 0.4) is 0 Å². The Hall–Kier alpha value is -2.57. The zero-order chi connectivity index (χ0) is 20.0. The second-order valence-electron chi connectivity index (χ2n) is 7.94. The minimum absolute atomic E-state index is 0.178. The highest BCUT2D eigenvalue weighted by Crippen LogP contribution is 2.08. The molecule has 0 radical (unpaired) electrons. The number of amides is 2. The monoisotopic (exact) mass is 364 g/mol. The van der Waals surface area contributed by atoms with Crippen molar-refractivity contribution < 1.29 is 23.6 Å². The van der Waals surface area contributed by atoms with E-state index in [0.717, 1.165) is 5.56 Å². The highest BCUT2D eigenvalue weighted by molar-refractivity contribution is 5.98. The first-order valence-corrected chi connectivity index (χ1v) is 8.48. The van der Waals surface area contributed by atoms with Crippen LogP contribution in [0, 0.1) is 0 Å². The van der Waals surface area contributed by atoms with E-state index in [1.807, 2.05) is 30.3 Å². The summed E-state index contributed by atoms with van der Waals surface area (Å²) < 4.78 is 12.2. The molecule has 0 heterocycles. The van der Waals surface area contributed by atoms with Crippen molar-refractivity contribution in [1.82, 2.24) is 10.6 Å². The van der Waals surface area contributed by atoms with Gasteiger partial charge in [-0.2, -0.15) is 10.6 Å². The third-order valence-electron chi connectivity index (χ3n) is 2.88. The molecule has 1 aromatic carbocycles. The van der Waals surface area contributed by atoms with Crippen LogP contribution in [0.4, 0.5) is 9.59 Å². The van der Waals surface area contributed by atoms with E-state index in [1.165, 1.54) is 0 Å². The molecule has 7 nitrogen and oxygen atoms in total. The molecule has 0 aliphatic carbocycles. The van der Waals surface area contributed by atoms with Crippen LogP contribution in [0.15, 0.2) is 30.3 Å². The summed E-state index contributed by atoms with van der Waals surface area (Å²) in [6, 6.07) is 9.67. The van der Waals surface area contributed by atoms with Crippen LogP contribution in [0.25, 0.3) is 0 Å². The molecule has 7 heteroatoms. The Bertz CT molecular complexity index is 624. The Morgan fingerprint density at radius 1 is 0.885 bits per heavy atom. The molecule has 0 unspecified atom stereocenters. The first-order chi connectivity index (χ1) is 11.9. The number of carbonyl (C=O) groups is 2. The van der Waals surface area contributed by atoms with Gasteiger partial charge in [0.2, 0.25) is 0 Å². The number of hydrogen-bond acceptors (Lipinski definition) is 4. The van der Waals surface area contributed by atoms with Crippen molar-refractivity contribution in [3.63, 3.8) is 0 Å². The second-order valence-corrected chi connectivity index (χ2v) is 7.94. The molecule has 0 saturated heterocycles. The average molecular weight is 364 g/mol. The largest absolute Gasteiger partial charge is 0.476 e. The van der Waals surface area contributed by atoms with E-state index in [-0.39, 0.29) is 5.96 Å². The molecule has 0 aromatic heterocycles. The quantitative estimate of drug-likeness (QED) is 0.480. The zero-order valence-electron chi connectivity index (χ0n) is 16.7. The summed E-state index contributed by atoms with van der Waals surface area (Å²) in [6.07, 6.45) is -1.33. The molecular formula is C19H30N3O4+. The van der Waals surface area contributed by atoms with Crippen molar-refractivity contribution in [3.05, 3.63) is 35.9 Å². The van der Waals surface area contributed by atoms with Crippen LogP contribution < -0.4 is 10.6 Å². The van der Waals surface area contributed by atoms with Gasteiger partial charge in [0.25, 0.3) is 0 Å². The highest BCUT2D eigenvalue weighted by atomic mass is 16.6. The molecule has 0 saturated carbocycles. The van der Waals surface area contributed by atoms with Crippen LogP contribution in [-0.4, -0.2) is 41.0 Å². The van der Waals surface area contributed by atoms with Gasteiger partial charge in [-0.15, -0.1) is 0 Å². The van der Waals surface area contributed by atoms with Crippen LogP contribution >= 0.6 is 0 Å². The maximum absolute atomic E-state index is 12.1. The Morgan fingerprint density at radius 3 is 1.69 bits per heavy atom. The van der Waals surface area contributed by atoms with Crippen molar-refractivity contribution in [3.8, 4) is 0 Å². The van der Waals surface area contributed by atoms with Crippen LogP contribution in [0.2, 0.25) is 0 Å². The Kier molecular flexibility index (Phi) is 7.18. The Balaban J connectivity index is 2.97.